The van der Waals surface area contributed by atoms with Crippen molar-refractivity contribution in [2.45, 2.75) is 26.7 Å². The number of aryl methyl sites for hydroxylation is 1. The van der Waals surface area contributed by atoms with E-state index in [2.05, 4.69) is 69.5 Å². The fourth-order valence-corrected chi connectivity index (χ4v) is 3.09. The van der Waals surface area contributed by atoms with Crippen LogP contribution in [0.1, 0.15) is 30.9 Å². The molecule has 2 aliphatic rings. The van der Waals surface area contributed by atoms with E-state index in [0.29, 0.717) is 5.92 Å². The van der Waals surface area contributed by atoms with Crippen molar-refractivity contribution in [3.63, 3.8) is 0 Å². The van der Waals surface area contributed by atoms with Gasteiger partial charge in [-0.3, -0.25) is 0 Å². The van der Waals surface area contributed by atoms with Gasteiger partial charge in [-0.2, -0.15) is 0 Å². The summed E-state index contributed by atoms with van der Waals surface area (Å²) in [6.45, 7) is 12.7. The van der Waals surface area contributed by atoms with E-state index in [1.807, 2.05) is 0 Å². The molecule has 1 atom stereocenters. The molecule has 1 saturated carbocycles. The molecule has 21 heavy (non-hydrogen) atoms. The van der Waals surface area contributed by atoms with Gasteiger partial charge < -0.3 is 0 Å². The zero-order valence-corrected chi connectivity index (χ0v) is 12.9. The summed E-state index contributed by atoms with van der Waals surface area (Å²) in [7, 11) is 0. The lowest BCUT2D eigenvalue weighted by Gasteiger charge is -2.06. The highest BCUT2D eigenvalue weighted by Gasteiger charge is 2.23. The Kier molecular flexibility index (Phi) is 3.55. The van der Waals surface area contributed by atoms with Crippen molar-refractivity contribution in [3.05, 3.63) is 89.1 Å². The molecule has 0 amide bonds. The fraction of sp³-hybridized carbons (Fsp3) is 0.238. The van der Waals surface area contributed by atoms with Gasteiger partial charge in [0.2, 0.25) is 0 Å². The highest BCUT2D eigenvalue weighted by Crippen LogP contribution is 2.40. The van der Waals surface area contributed by atoms with Crippen LogP contribution in [0.4, 0.5) is 0 Å². The Morgan fingerprint density at radius 2 is 1.95 bits per heavy atom. The molecule has 0 heteroatoms. The molecule has 0 spiro atoms. The quantitative estimate of drug-likeness (QED) is 0.599. The van der Waals surface area contributed by atoms with Gasteiger partial charge in [0.05, 0.1) is 0 Å². The van der Waals surface area contributed by atoms with Crippen molar-refractivity contribution in [2.75, 3.05) is 0 Å². The normalized spacial score (nSPS) is 23.7. The van der Waals surface area contributed by atoms with Crippen LogP contribution in [0.3, 0.4) is 0 Å². The van der Waals surface area contributed by atoms with Crippen LogP contribution in [0.2, 0.25) is 0 Å². The fourth-order valence-electron chi connectivity index (χ4n) is 3.09. The SMILES string of the molecule is C=C1C/C(=C\C2=CC=C(c3cccc(C)c3)C2)C(=C)C1C. The van der Waals surface area contributed by atoms with E-state index < -0.39 is 0 Å². The summed E-state index contributed by atoms with van der Waals surface area (Å²) in [5, 5.41) is 0. The first kappa shape index (κ1) is 13.9. The molecular weight excluding hydrogens is 252 g/mol. The maximum atomic E-state index is 4.22. The summed E-state index contributed by atoms with van der Waals surface area (Å²) in [5.41, 5.74) is 9.32. The molecule has 1 fully saturated rings. The molecular formula is C21H22. The molecule has 1 aromatic rings. The molecule has 0 radical (unpaired) electrons. The van der Waals surface area contributed by atoms with Crippen molar-refractivity contribution in [2.24, 2.45) is 5.92 Å². The lowest BCUT2D eigenvalue weighted by Crippen LogP contribution is -1.90. The zero-order chi connectivity index (χ0) is 15.0. The Morgan fingerprint density at radius 1 is 1.14 bits per heavy atom. The predicted octanol–water partition coefficient (Wildman–Crippen LogP) is 5.79. The maximum Gasteiger partial charge on any atom is 0.00174 e. The van der Waals surface area contributed by atoms with Crippen LogP contribution in [-0.2, 0) is 0 Å². The molecule has 3 rings (SSSR count). The van der Waals surface area contributed by atoms with Crippen LogP contribution >= 0.6 is 0 Å². The summed E-state index contributed by atoms with van der Waals surface area (Å²) < 4.78 is 0. The molecule has 2 aliphatic carbocycles. The van der Waals surface area contributed by atoms with Gasteiger partial charge in [-0.15, -0.1) is 0 Å². The Balaban J connectivity index is 1.75. The molecule has 1 aromatic carbocycles. The summed E-state index contributed by atoms with van der Waals surface area (Å²) in [6.07, 6.45) is 8.80. The van der Waals surface area contributed by atoms with Crippen LogP contribution < -0.4 is 0 Å². The average Bonchev–Trinajstić information content (AvgIpc) is 3.01. The zero-order valence-electron chi connectivity index (χ0n) is 12.9. The third-order valence-corrected chi connectivity index (χ3v) is 4.61. The van der Waals surface area contributed by atoms with Crippen molar-refractivity contribution in [1.82, 2.24) is 0 Å². The summed E-state index contributed by atoms with van der Waals surface area (Å²) in [5.74, 6) is 0.433. The van der Waals surface area contributed by atoms with Crippen molar-refractivity contribution < 1.29 is 0 Å². The van der Waals surface area contributed by atoms with Crippen molar-refractivity contribution in [3.8, 4) is 0 Å². The van der Waals surface area contributed by atoms with E-state index in [-0.39, 0.29) is 0 Å². The van der Waals surface area contributed by atoms with E-state index in [9.17, 15) is 0 Å². The van der Waals surface area contributed by atoms with Gasteiger partial charge in [0, 0.05) is 5.92 Å². The largest absolute Gasteiger partial charge is 0.0989 e. The van der Waals surface area contributed by atoms with Crippen LogP contribution in [0.25, 0.3) is 5.57 Å². The summed E-state index contributed by atoms with van der Waals surface area (Å²) >= 11 is 0. The van der Waals surface area contributed by atoms with Crippen LogP contribution in [0.5, 0.6) is 0 Å². The van der Waals surface area contributed by atoms with Crippen LogP contribution in [0, 0.1) is 12.8 Å². The van der Waals surface area contributed by atoms with E-state index in [4.69, 9.17) is 0 Å². The minimum Gasteiger partial charge on any atom is -0.0989 e. The Morgan fingerprint density at radius 3 is 2.62 bits per heavy atom. The topological polar surface area (TPSA) is 0 Å². The second-order valence-electron chi connectivity index (χ2n) is 6.23. The smallest absolute Gasteiger partial charge is 0.00174 e. The highest BCUT2D eigenvalue weighted by atomic mass is 14.3. The van der Waals surface area contributed by atoms with Gasteiger partial charge in [-0.25, -0.2) is 0 Å². The van der Waals surface area contributed by atoms with E-state index in [1.54, 1.807) is 0 Å². The monoisotopic (exact) mass is 274 g/mol. The average molecular weight is 274 g/mol. The molecule has 0 saturated heterocycles. The second-order valence-corrected chi connectivity index (χ2v) is 6.23. The Hall–Kier alpha value is -2.08. The lowest BCUT2D eigenvalue weighted by atomic mass is 9.98. The minimum atomic E-state index is 0.433. The number of hydrogen-bond acceptors (Lipinski definition) is 0. The summed E-state index contributed by atoms with van der Waals surface area (Å²) in [6, 6.07) is 8.73. The second kappa shape index (κ2) is 5.37. The molecule has 0 nitrogen and oxygen atoms in total. The molecule has 0 aliphatic heterocycles. The van der Waals surface area contributed by atoms with Gasteiger partial charge in [-0.05, 0) is 47.6 Å². The van der Waals surface area contributed by atoms with Gasteiger partial charge in [0.25, 0.3) is 0 Å². The first-order valence-corrected chi connectivity index (χ1v) is 7.59. The first-order chi connectivity index (χ1) is 10.0. The molecule has 0 bridgehead atoms. The highest BCUT2D eigenvalue weighted by molar-refractivity contribution is 5.74. The number of hydrogen-bond donors (Lipinski definition) is 0. The number of rotatable bonds is 2. The number of allylic oxidation sites excluding steroid dienone is 8. The Labute approximate surface area is 127 Å². The molecule has 0 aromatic heterocycles. The Bertz CT molecular complexity index is 707. The maximum absolute atomic E-state index is 4.22. The van der Waals surface area contributed by atoms with E-state index in [0.717, 1.165) is 12.8 Å². The third kappa shape index (κ3) is 2.71. The molecule has 0 heterocycles. The number of benzene rings is 1. The molecule has 0 N–H and O–H groups in total. The first-order valence-electron chi connectivity index (χ1n) is 7.59. The minimum absolute atomic E-state index is 0.433. The van der Waals surface area contributed by atoms with Gasteiger partial charge in [-0.1, -0.05) is 73.7 Å². The van der Waals surface area contributed by atoms with E-state index in [1.165, 1.54) is 39.0 Å². The van der Waals surface area contributed by atoms with E-state index >= 15 is 0 Å². The summed E-state index contributed by atoms with van der Waals surface area (Å²) in [4.78, 5) is 0. The van der Waals surface area contributed by atoms with Crippen LogP contribution in [0.15, 0.2) is 77.9 Å². The van der Waals surface area contributed by atoms with Gasteiger partial charge in [0.15, 0.2) is 0 Å². The predicted molar refractivity (Wildman–Crippen MR) is 92.0 cm³/mol. The van der Waals surface area contributed by atoms with Crippen molar-refractivity contribution in [1.29, 1.82) is 0 Å². The third-order valence-electron chi connectivity index (χ3n) is 4.61. The van der Waals surface area contributed by atoms with Gasteiger partial charge in [0.1, 0.15) is 0 Å². The van der Waals surface area contributed by atoms with Crippen molar-refractivity contribution >= 4 is 5.57 Å². The standard InChI is InChI=1S/C21H22/c1-14-6-5-7-19(10-14)20-9-8-18(12-20)13-21-11-15(2)16(3)17(21)4/h5-10,13,16H,2,4,11-12H2,1,3H3/b21-13+. The van der Waals surface area contributed by atoms with Crippen LogP contribution in [-0.4, -0.2) is 0 Å². The molecule has 106 valence electrons. The molecule has 1 unspecified atom stereocenters. The van der Waals surface area contributed by atoms with Gasteiger partial charge >= 0.3 is 0 Å². The lowest BCUT2D eigenvalue weighted by molar-refractivity contribution is 0.868.